The second-order valence-electron chi connectivity index (χ2n) is 5.69. The Morgan fingerprint density at radius 1 is 1.24 bits per heavy atom. The minimum Gasteiger partial charge on any atom is -0.478 e. The van der Waals surface area contributed by atoms with Crippen molar-refractivity contribution in [3.63, 3.8) is 0 Å². The van der Waals surface area contributed by atoms with E-state index in [2.05, 4.69) is 16.9 Å². The summed E-state index contributed by atoms with van der Waals surface area (Å²) in [6.07, 6.45) is 8.38. The van der Waals surface area contributed by atoms with Crippen LogP contribution in [0, 0.1) is 6.92 Å². The van der Waals surface area contributed by atoms with Crippen molar-refractivity contribution in [2.24, 2.45) is 0 Å². The summed E-state index contributed by atoms with van der Waals surface area (Å²) in [6.45, 7) is 3.99. The molecule has 4 nitrogen and oxygen atoms in total. The van der Waals surface area contributed by atoms with E-state index in [1.54, 1.807) is 18.7 Å². The summed E-state index contributed by atoms with van der Waals surface area (Å²) in [4.78, 5) is 20.3. The maximum Gasteiger partial charge on any atom is 0.340 e. The SMILES string of the molecule is CCCCCCCSc1nc(C2CC2)nc(C)c1C(=O)O. The molecule has 1 aliphatic rings. The van der Waals surface area contributed by atoms with Crippen LogP contribution in [-0.2, 0) is 0 Å². The van der Waals surface area contributed by atoms with Crippen molar-refractivity contribution in [2.45, 2.75) is 69.7 Å². The highest BCUT2D eigenvalue weighted by molar-refractivity contribution is 7.99. The molecular weight excluding hydrogens is 284 g/mol. The smallest absolute Gasteiger partial charge is 0.340 e. The molecule has 0 bridgehead atoms. The van der Waals surface area contributed by atoms with E-state index < -0.39 is 5.97 Å². The average Bonchev–Trinajstić information content (AvgIpc) is 3.26. The number of thioether (sulfide) groups is 1. The zero-order valence-corrected chi connectivity index (χ0v) is 13.7. The standard InChI is InChI=1S/C16H24N2O2S/c1-3-4-5-6-7-10-21-15-13(16(19)20)11(2)17-14(18-15)12-8-9-12/h12H,3-10H2,1-2H3,(H,19,20). The molecule has 0 atom stereocenters. The third-order valence-electron chi connectivity index (χ3n) is 3.72. The van der Waals surface area contributed by atoms with Crippen LogP contribution < -0.4 is 0 Å². The zero-order valence-electron chi connectivity index (χ0n) is 12.9. The Bertz CT molecular complexity index is 501. The molecule has 0 aromatic carbocycles. The molecule has 0 unspecified atom stereocenters. The first kappa shape index (κ1) is 16.3. The molecule has 0 aliphatic heterocycles. The molecule has 21 heavy (non-hydrogen) atoms. The van der Waals surface area contributed by atoms with Crippen molar-refractivity contribution in [1.82, 2.24) is 9.97 Å². The average molecular weight is 308 g/mol. The van der Waals surface area contributed by atoms with Crippen LogP contribution >= 0.6 is 11.8 Å². The first-order valence-corrected chi connectivity index (χ1v) is 8.86. The van der Waals surface area contributed by atoms with Crippen LogP contribution in [0.1, 0.15) is 79.7 Å². The zero-order chi connectivity index (χ0) is 15.2. The Morgan fingerprint density at radius 2 is 1.95 bits per heavy atom. The lowest BCUT2D eigenvalue weighted by Gasteiger charge is -2.09. The lowest BCUT2D eigenvalue weighted by atomic mass is 10.2. The molecule has 1 aliphatic carbocycles. The van der Waals surface area contributed by atoms with Gasteiger partial charge in [-0.3, -0.25) is 0 Å². The molecule has 1 saturated carbocycles. The molecule has 116 valence electrons. The molecule has 1 aromatic heterocycles. The number of carboxylic acids is 1. The van der Waals surface area contributed by atoms with Crippen molar-refractivity contribution >= 4 is 17.7 Å². The Kier molecular flexibility index (Phi) is 6.03. The number of hydrogen-bond acceptors (Lipinski definition) is 4. The summed E-state index contributed by atoms with van der Waals surface area (Å²) in [5.74, 6) is 1.31. The summed E-state index contributed by atoms with van der Waals surface area (Å²) in [5, 5.41) is 10.0. The number of nitrogens with zero attached hydrogens (tertiary/aromatic N) is 2. The number of hydrogen-bond donors (Lipinski definition) is 1. The summed E-state index contributed by atoms with van der Waals surface area (Å²) < 4.78 is 0. The first-order valence-electron chi connectivity index (χ1n) is 7.88. The first-order chi connectivity index (χ1) is 10.1. The monoisotopic (exact) mass is 308 g/mol. The van der Waals surface area contributed by atoms with Gasteiger partial charge in [0.15, 0.2) is 0 Å². The summed E-state index contributed by atoms with van der Waals surface area (Å²) >= 11 is 1.57. The summed E-state index contributed by atoms with van der Waals surface area (Å²) in [7, 11) is 0. The van der Waals surface area contributed by atoms with Crippen LogP contribution in [0.5, 0.6) is 0 Å². The van der Waals surface area contributed by atoms with Crippen LogP contribution in [-0.4, -0.2) is 26.8 Å². The van der Waals surface area contributed by atoms with E-state index in [0.717, 1.165) is 30.8 Å². The minimum atomic E-state index is -0.914. The predicted octanol–water partition coefficient (Wildman–Crippen LogP) is 4.42. The van der Waals surface area contributed by atoms with Crippen LogP contribution in [0.4, 0.5) is 0 Å². The van der Waals surface area contributed by atoms with Gasteiger partial charge in [-0.15, -0.1) is 11.8 Å². The molecular formula is C16H24N2O2S. The number of aryl methyl sites for hydroxylation is 1. The Labute approximate surface area is 130 Å². The highest BCUT2D eigenvalue weighted by Gasteiger charge is 2.29. The number of carbonyl (C=O) groups is 1. The van der Waals surface area contributed by atoms with E-state index in [1.807, 2.05) is 0 Å². The van der Waals surface area contributed by atoms with Crippen molar-refractivity contribution in [1.29, 1.82) is 0 Å². The molecule has 5 heteroatoms. The van der Waals surface area contributed by atoms with E-state index in [0.29, 0.717) is 16.6 Å². The fourth-order valence-electron chi connectivity index (χ4n) is 2.32. The van der Waals surface area contributed by atoms with Gasteiger partial charge in [-0.05, 0) is 31.9 Å². The third kappa shape index (κ3) is 4.70. The van der Waals surface area contributed by atoms with Crippen LogP contribution in [0.25, 0.3) is 0 Å². The van der Waals surface area contributed by atoms with E-state index >= 15 is 0 Å². The van der Waals surface area contributed by atoms with E-state index in [9.17, 15) is 9.90 Å². The maximum atomic E-state index is 11.4. The second-order valence-corrected chi connectivity index (χ2v) is 6.77. The summed E-state index contributed by atoms with van der Waals surface area (Å²) in [6, 6.07) is 0. The van der Waals surface area contributed by atoms with Gasteiger partial charge in [0.1, 0.15) is 16.4 Å². The molecule has 0 amide bonds. The molecule has 2 rings (SSSR count). The van der Waals surface area contributed by atoms with E-state index in [4.69, 9.17) is 0 Å². The largest absolute Gasteiger partial charge is 0.478 e. The van der Waals surface area contributed by atoms with Crippen molar-refractivity contribution in [2.75, 3.05) is 5.75 Å². The van der Waals surface area contributed by atoms with Crippen LogP contribution in [0.15, 0.2) is 5.03 Å². The normalized spacial score (nSPS) is 14.4. The van der Waals surface area contributed by atoms with Crippen LogP contribution in [0.3, 0.4) is 0 Å². The van der Waals surface area contributed by atoms with E-state index in [1.165, 1.54) is 25.7 Å². The topological polar surface area (TPSA) is 63.1 Å². The molecule has 1 fully saturated rings. The van der Waals surface area contributed by atoms with Gasteiger partial charge in [0.2, 0.25) is 0 Å². The number of unbranched alkanes of at least 4 members (excludes halogenated alkanes) is 4. The highest BCUT2D eigenvalue weighted by Crippen LogP contribution is 2.39. The van der Waals surface area contributed by atoms with Gasteiger partial charge in [-0.1, -0.05) is 32.6 Å². The van der Waals surface area contributed by atoms with E-state index in [-0.39, 0.29) is 5.56 Å². The third-order valence-corrected chi connectivity index (χ3v) is 4.78. The molecule has 1 heterocycles. The minimum absolute atomic E-state index is 0.290. The quantitative estimate of drug-likeness (QED) is 0.415. The van der Waals surface area contributed by atoms with Gasteiger partial charge in [-0.25, -0.2) is 14.8 Å². The molecule has 0 saturated heterocycles. The summed E-state index contributed by atoms with van der Waals surface area (Å²) in [5.41, 5.74) is 0.894. The Morgan fingerprint density at radius 3 is 2.57 bits per heavy atom. The number of carboxylic acid groups (broad SMARTS) is 1. The maximum absolute atomic E-state index is 11.4. The predicted molar refractivity (Wildman–Crippen MR) is 85.2 cm³/mol. The fourth-order valence-corrected chi connectivity index (χ4v) is 3.40. The van der Waals surface area contributed by atoms with Crippen molar-refractivity contribution in [3.8, 4) is 0 Å². The lowest BCUT2D eigenvalue weighted by molar-refractivity contribution is 0.0690. The van der Waals surface area contributed by atoms with Gasteiger partial charge in [0.25, 0.3) is 0 Å². The Balaban J connectivity index is 2.00. The lowest BCUT2D eigenvalue weighted by Crippen LogP contribution is -2.09. The number of aromatic nitrogens is 2. The molecule has 1 aromatic rings. The van der Waals surface area contributed by atoms with Crippen LogP contribution in [0.2, 0.25) is 0 Å². The molecule has 0 spiro atoms. The molecule has 1 N–H and O–H groups in total. The van der Waals surface area contributed by atoms with Gasteiger partial charge >= 0.3 is 5.97 Å². The second kappa shape index (κ2) is 7.78. The van der Waals surface area contributed by atoms with Gasteiger partial charge in [0, 0.05) is 5.92 Å². The van der Waals surface area contributed by atoms with Gasteiger partial charge < -0.3 is 5.11 Å². The number of rotatable bonds is 9. The van der Waals surface area contributed by atoms with Crippen molar-refractivity contribution < 1.29 is 9.90 Å². The van der Waals surface area contributed by atoms with Gasteiger partial charge in [-0.2, -0.15) is 0 Å². The van der Waals surface area contributed by atoms with Gasteiger partial charge in [0.05, 0.1) is 5.69 Å². The van der Waals surface area contributed by atoms with Crippen molar-refractivity contribution in [3.05, 3.63) is 17.1 Å². The molecule has 0 radical (unpaired) electrons. The highest BCUT2D eigenvalue weighted by atomic mass is 32.2. The Hall–Kier alpha value is -1.10. The fraction of sp³-hybridized carbons (Fsp3) is 0.688. The number of aromatic carboxylic acids is 1.